The number of carbonyl (C=O) groups is 8. The van der Waals surface area contributed by atoms with Crippen LogP contribution in [0.15, 0.2) is 120 Å². The number of nitrogens with one attached hydrogen (secondary N) is 2. The number of aromatic amines is 2. The van der Waals surface area contributed by atoms with E-state index in [4.69, 9.17) is 43.6 Å². The summed E-state index contributed by atoms with van der Waals surface area (Å²) in [5.41, 5.74) is 2.49. The van der Waals surface area contributed by atoms with E-state index in [-0.39, 0.29) is 41.6 Å². The minimum atomic E-state index is -2.53. The van der Waals surface area contributed by atoms with Crippen molar-refractivity contribution in [2.75, 3.05) is 118 Å². The molecular formula is C97H116N14O20. The van der Waals surface area contributed by atoms with Gasteiger partial charge in [-0.3, -0.25) is 48.4 Å². The first kappa shape index (κ1) is 89.9. The normalized spacial score (nSPS) is 33.0. The molecule has 19 atom stereocenters. The molecular weight excluding hydrogens is 1680 g/mol. The van der Waals surface area contributed by atoms with Crippen molar-refractivity contribution in [3.63, 3.8) is 0 Å². The van der Waals surface area contributed by atoms with Gasteiger partial charge in [0.25, 0.3) is 5.91 Å². The number of hydrogen-bond acceptors (Lipinski definition) is 28. The fourth-order valence-electron chi connectivity index (χ4n) is 27.3. The molecule has 14 heterocycles. The zero-order valence-electron chi connectivity index (χ0n) is 76.5. The number of para-hydroxylation sites is 2. The highest BCUT2D eigenvalue weighted by Crippen LogP contribution is 2.71. The first-order valence-corrected chi connectivity index (χ1v) is 45.3. The molecule has 20 rings (SSSR count). The molecule has 34 nitrogen and oxygen atoms in total. The molecule has 2 saturated carbocycles. The van der Waals surface area contributed by atoms with Gasteiger partial charge in [0.05, 0.1) is 66.0 Å². The van der Waals surface area contributed by atoms with Crippen LogP contribution in [0, 0.1) is 22.7 Å². The van der Waals surface area contributed by atoms with Crippen LogP contribution >= 0.6 is 0 Å². The molecule has 4 aromatic carbocycles. The number of ether oxygens (including phenoxy) is 8. The zero-order valence-corrected chi connectivity index (χ0v) is 76.5. The summed E-state index contributed by atoms with van der Waals surface area (Å²) >= 11 is 0. The van der Waals surface area contributed by atoms with Crippen LogP contribution in [-0.4, -0.2) is 279 Å². The molecule has 10 aliphatic heterocycles. The minimum Gasteiger partial charge on any atom is -0.496 e. The molecule has 3 saturated heterocycles. The molecule has 34 heteroatoms. The molecule has 4 aromatic heterocycles. The molecule has 5 fully saturated rings. The number of nitrogens with zero attached hydrogens (tertiary/aromatic N) is 11. The summed E-state index contributed by atoms with van der Waals surface area (Å²) in [6, 6.07) is 21.1. The number of piperidine rings is 1. The Labute approximate surface area is 757 Å². The van der Waals surface area contributed by atoms with Crippen molar-refractivity contribution in [1.29, 1.82) is 0 Å². The summed E-state index contributed by atoms with van der Waals surface area (Å²) in [4.78, 5) is 145. The quantitative estimate of drug-likeness (QED) is 0.0271. The molecule has 7 N–H and O–H groups in total. The minimum absolute atomic E-state index is 0.0284. The van der Waals surface area contributed by atoms with Gasteiger partial charge in [-0.2, -0.15) is 4.68 Å². The molecule has 0 radical (unpaired) electrons. The summed E-state index contributed by atoms with van der Waals surface area (Å²) in [5.74, 6) is -4.12. The molecule has 4 bridgehead atoms. The fourth-order valence-corrected chi connectivity index (χ4v) is 27.3. The van der Waals surface area contributed by atoms with Gasteiger partial charge in [0, 0.05) is 176 Å². The van der Waals surface area contributed by atoms with Crippen molar-refractivity contribution in [2.45, 2.75) is 187 Å². The lowest BCUT2D eigenvalue weighted by atomic mass is 9.47. The Morgan fingerprint density at radius 3 is 1.66 bits per heavy atom. The average Bonchev–Trinajstić information content (AvgIpc) is 1.54. The number of H-pyrrole nitrogens is 2. The molecule has 131 heavy (non-hydrogen) atoms. The monoisotopic (exact) mass is 1800 g/mol. The Morgan fingerprint density at radius 1 is 0.603 bits per heavy atom. The first-order chi connectivity index (χ1) is 62.8. The fraction of sp³-hybridized carbons (Fsp3) is 0.526. The van der Waals surface area contributed by atoms with Gasteiger partial charge in [-0.1, -0.05) is 105 Å². The summed E-state index contributed by atoms with van der Waals surface area (Å²) in [6.07, 6.45) is 14.7. The number of anilines is 2. The summed E-state index contributed by atoms with van der Waals surface area (Å²) in [7, 11) is 11.8. The number of imidazole rings is 1. The number of nitrogens with two attached hydrogens (primary N) is 1. The van der Waals surface area contributed by atoms with Crippen LogP contribution in [0.2, 0.25) is 0 Å². The molecule has 2 spiro atoms. The maximum Gasteiger partial charge on any atom is 0.352 e. The molecule has 8 aromatic rings. The smallest absolute Gasteiger partial charge is 0.352 e. The van der Waals surface area contributed by atoms with Gasteiger partial charge < -0.3 is 78.7 Å². The predicted octanol–water partition coefficient (Wildman–Crippen LogP) is 6.19. The van der Waals surface area contributed by atoms with Gasteiger partial charge in [-0.05, 0) is 136 Å². The summed E-state index contributed by atoms with van der Waals surface area (Å²) < 4.78 is 49.7. The highest BCUT2D eigenvalue weighted by molar-refractivity contribution is 5.99. The zero-order chi connectivity index (χ0) is 93.1. The van der Waals surface area contributed by atoms with Crippen molar-refractivity contribution in [3.8, 4) is 11.5 Å². The van der Waals surface area contributed by atoms with E-state index in [1.54, 1.807) is 13.2 Å². The number of fused-ring (bicyclic) bond motifs is 13. The van der Waals surface area contributed by atoms with Crippen LogP contribution in [0.3, 0.4) is 0 Å². The summed E-state index contributed by atoms with van der Waals surface area (Å²) in [5, 5.41) is 47.7. The molecule has 2 aliphatic carbocycles. The molecule has 2 unspecified atom stereocenters. The number of hydrogen-bond donors (Lipinski definition) is 6. The van der Waals surface area contributed by atoms with Crippen LogP contribution in [0.25, 0.3) is 27.5 Å². The molecule has 694 valence electrons. The predicted molar refractivity (Wildman–Crippen MR) is 479 cm³/mol. The van der Waals surface area contributed by atoms with E-state index in [1.165, 1.54) is 73.2 Å². The number of carbonyl (C=O) groups excluding carboxylic acids is 8. The Balaban J connectivity index is 0.000000153. The van der Waals surface area contributed by atoms with Crippen LogP contribution in [0.5, 0.6) is 11.5 Å². The van der Waals surface area contributed by atoms with E-state index in [0.717, 1.165) is 78.5 Å². The largest absolute Gasteiger partial charge is 0.496 e. The second kappa shape index (κ2) is 32.7. The Bertz CT molecular complexity index is 6190. The Morgan fingerprint density at radius 2 is 1.13 bits per heavy atom. The maximum absolute atomic E-state index is 15.3. The maximum atomic E-state index is 15.3. The van der Waals surface area contributed by atoms with E-state index >= 15 is 9.59 Å². The van der Waals surface area contributed by atoms with Gasteiger partial charge in [0.15, 0.2) is 23.5 Å². The SMILES string of the molecule is CCC1=C[C@@H]2CN(C1)Cc1c([nH]c3ccccc13)[C@@](C(=O)OC)(c1cc3c(cc1OC)N(C)[C@H]1[C@@](O)(C(=O)OC)[C@H](OC(C)=O)[C@]4(CC)C=CCN5CC[C@]31[C@@H]54)C2.CC[C@]1(O)C[C@H]2CN(CCc3c([nH]c4ccccc34)[C@@](C(=O)OC)(c3cc4c(cc3OC)N(C=O)[C@H]3[C@@](O)(C(=O)OC)[C@H](OC(C)=O)[C@]5(CC)C=CCN6CC[C@]43[C@@H]65)C2)C1.Cn1nnc2c(C(N)=O)ncn2c1=O. The number of aryl methyl sites for hydroxylation is 1. The van der Waals surface area contributed by atoms with Gasteiger partial charge in [0.1, 0.15) is 28.7 Å². The van der Waals surface area contributed by atoms with Crippen molar-refractivity contribution >= 4 is 87.0 Å². The highest BCUT2D eigenvalue weighted by atomic mass is 16.6. The lowest BCUT2D eigenvalue weighted by molar-refractivity contribution is -0.229. The third kappa shape index (κ3) is 12.6. The number of methoxy groups -OCH3 is 6. The van der Waals surface area contributed by atoms with Crippen LogP contribution in [0.1, 0.15) is 155 Å². The third-order valence-corrected chi connectivity index (χ3v) is 32.0. The van der Waals surface area contributed by atoms with Crippen LogP contribution in [0.4, 0.5) is 11.4 Å². The van der Waals surface area contributed by atoms with E-state index in [1.807, 2.05) is 87.3 Å². The average molecular weight is 1800 g/mol. The van der Waals surface area contributed by atoms with E-state index in [0.29, 0.717) is 150 Å². The second-order valence-electron chi connectivity index (χ2n) is 37.9. The number of benzene rings is 4. The molecule has 12 aliphatic rings. The van der Waals surface area contributed by atoms with Gasteiger partial charge in [0.2, 0.25) is 17.6 Å². The number of amides is 2. The Kier molecular flexibility index (Phi) is 22.4. The Hall–Kier alpha value is -11.7. The second-order valence-corrected chi connectivity index (χ2v) is 37.9. The third-order valence-electron chi connectivity index (χ3n) is 32.0. The highest BCUT2D eigenvalue weighted by Gasteiger charge is 2.83. The van der Waals surface area contributed by atoms with Gasteiger partial charge in [-0.25, -0.2) is 23.8 Å². The number of aromatic nitrogens is 7. The van der Waals surface area contributed by atoms with Crippen molar-refractivity contribution in [3.05, 3.63) is 176 Å². The number of esters is 6. The number of rotatable bonds is 16. The lowest BCUT2D eigenvalue weighted by Gasteiger charge is -2.63. The van der Waals surface area contributed by atoms with Gasteiger partial charge in [-0.15, -0.1) is 5.10 Å². The number of primary amides is 1. The van der Waals surface area contributed by atoms with Crippen molar-refractivity contribution in [2.24, 2.45) is 35.4 Å². The standard InChI is InChI=1S/C46H56N4O10.C45H54N4O8.C6H6N6O2/c1-7-42(55)22-28-23-45(40(53)58-5,36-30(14-18-48(24-28)25-42)29-12-9-10-13-33(29)47-36)32-20-31-34(21-35(32)57-4)50(26-51)38-44(31)16-19-49-17-11-15-43(8-2,37(44)49)39(60-27(3)52)46(38,56)41(54)59-6;1-8-27-19-28-22-44(40(51)55-6,36-30(25-48(23-27)24-28)29-13-10-11-14-33(29)46-36)32-20-31-34(21-35(32)54-5)47(4)38-43(31)16-18-49-17-12-15-42(9-2,37(43)49)39(57-26(3)50)45(38,53)41(52)56-7;1-11-6(14)12-2-8-3(4(7)13)5(12)9-10-11/h9-13,15,20-21,26,28,37-39,47,55-56H,7-8,14,16-19,22-25H2,1-6H3;10-15,19-21,28,37-39,46,53H,8-9,16-18,22-25H2,1-7H3;2H,1H3,(H2,7,13)/t28-,37+,38-,39-,42+,43-,44-,45+,46+;28-,37-,38+,39+,42+,43+,44-,45-;/m10./s1. The van der Waals surface area contributed by atoms with E-state index in [9.17, 15) is 48.9 Å². The number of likely N-dealkylation sites (N-methyl/N-ethyl adjacent to an activating group) is 1. The van der Waals surface area contributed by atoms with Crippen LogP contribution < -0.4 is 30.7 Å². The lowest BCUT2D eigenvalue weighted by Crippen LogP contribution is -2.81. The topological polar surface area (TPSA) is 413 Å². The first-order valence-electron chi connectivity index (χ1n) is 45.3. The van der Waals surface area contributed by atoms with Gasteiger partial charge >= 0.3 is 41.5 Å². The van der Waals surface area contributed by atoms with Crippen LogP contribution in [-0.2, 0) is 104 Å². The van der Waals surface area contributed by atoms with E-state index in [2.05, 4.69) is 94.3 Å². The van der Waals surface area contributed by atoms with E-state index < -0.39 is 121 Å². The summed E-state index contributed by atoms with van der Waals surface area (Å²) in [6.45, 7) is 17.4. The van der Waals surface area contributed by atoms with Crippen molar-refractivity contribution < 1.29 is 91.6 Å². The molecule has 2 amide bonds. The van der Waals surface area contributed by atoms with Crippen molar-refractivity contribution in [1.82, 2.24) is 53.9 Å². The number of aliphatic hydroxyl groups is 3.